The molecule has 0 saturated carbocycles. The zero-order valence-corrected chi connectivity index (χ0v) is 16.2. The van der Waals surface area contributed by atoms with Crippen LogP contribution in [0.2, 0.25) is 0 Å². The van der Waals surface area contributed by atoms with Crippen molar-refractivity contribution in [3.05, 3.63) is 52.3 Å². The van der Waals surface area contributed by atoms with E-state index >= 15 is 0 Å². The van der Waals surface area contributed by atoms with Crippen molar-refractivity contribution in [1.29, 1.82) is 0 Å². The first-order chi connectivity index (χ1) is 13.2. The average Bonchev–Trinajstić information content (AvgIpc) is 3.09. The first kappa shape index (κ1) is 18.2. The Hall–Kier alpha value is -2.18. The quantitative estimate of drug-likeness (QED) is 0.893. The lowest BCUT2D eigenvalue weighted by molar-refractivity contribution is -0.138. The lowest BCUT2D eigenvalue weighted by Gasteiger charge is -2.39. The monoisotopic (exact) mass is 368 g/mol. The fourth-order valence-electron chi connectivity index (χ4n) is 4.50. The highest BCUT2D eigenvalue weighted by atomic mass is 16.3. The van der Waals surface area contributed by atoms with E-state index in [1.807, 2.05) is 9.58 Å². The number of likely N-dealkylation sites (N-methyl/N-ethyl adjacent to an activating group) is 1. The van der Waals surface area contributed by atoms with E-state index in [4.69, 9.17) is 0 Å². The SMILES string of the molecule is CCN1Cc2ccccc2CC1C(=O)N1CCc2c(c(CO)nn2CC)C1. The average molecular weight is 368 g/mol. The van der Waals surface area contributed by atoms with Crippen molar-refractivity contribution >= 4 is 5.91 Å². The second-order valence-electron chi connectivity index (χ2n) is 7.41. The van der Waals surface area contributed by atoms with Crippen LogP contribution in [0.3, 0.4) is 0 Å². The molecule has 1 aromatic carbocycles. The number of fused-ring (bicyclic) bond motifs is 2. The van der Waals surface area contributed by atoms with Crippen LogP contribution in [0.1, 0.15) is 41.9 Å². The molecule has 0 aliphatic carbocycles. The molecule has 6 heteroatoms. The number of hydrogen-bond donors (Lipinski definition) is 1. The van der Waals surface area contributed by atoms with E-state index in [1.165, 1.54) is 16.8 Å². The van der Waals surface area contributed by atoms with Crippen molar-refractivity contribution in [1.82, 2.24) is 19.6 Å². The molecule has 0 radical (unpaired) electrons. The zero-order chi connectivity index (χ0) is 19.0. The van der Waals surface area contributed by atoms with Crippen molar-refractivity contribution < 1.29 is 9.90 Å². The first-order valence-corrected chi connectivity index (χ1v) is 9.94. The third-order valence-corrected chi connectivity index (χ3v) is 6.02. The Morgan fingerprint density at radius 1 is 1.19 bits per heavy atom. The van der Waals surface area contributed by atoms with Gasteiger partial charge in [0.15, 0.2) is 0 Å². The molecule has 4 rings (SSSR count). The number of hydrogen-bond acceptors (Lipinski definition) is 4. The molecule has 2 aliphatic rings. The summed E-state index contributed by atoms with van der Waals surface area (Å²) in [6.07, 6.45) is 1.57. The van der Waals surface area contributed by atoms with Crippen LogP contribution in [-0.2, 0) is 43.9 Å². The van der Waals surface area contributed by atoms with Gasteiger partial charge in [-0.2, -0.15) is 5.10 Å². The molecule has 0 spiro atoms. The van der Waals surface area contributed by atoms with Crippen LogP contribution < -0.4 is 0 Å². The van der Waals surface area contributed by atoms with Gasteiger partial charge >= 0.3 is 0 Å². The highest BCUT2D eigenvalue weighted by Crippen LogP contribution is 2.28. The van der Waals surface area contributed by atoms with Crippen LogP contribution in [0.25, 0.3) is 0 Å². The van der Waals surface area contributed by atoms with Crippen molar-refractivity contribution in [2.24, 2.45) is 0 Å². The number of amides is 1. The molecule has 1 N–H and O–H groups in total. The van der Waals surface area contributed by atoms with E-state index in [-0.39, 0.29) is 18.6 Å². The Kier molecular flexibility index (Phi) is 5.02. The molecule has 1 atom stereocenters. The minimum absolute atomic E-state index is 0.0742. The predicted octanol–water partition coefficient (Wildman–Crippen LogP) is 1.73. The summed E-state index contributed by atoms with van der Waals surface area (Å²) in [7, 11) is 0. The first-order valence-electron chi connectivity index (χ1n) is 9.94. The second-order valence-corrected chi connectivity index (χ2v) is 7.41. The minimum atomic E-state index is -0.106. The topological polar surface area (TPSA) is 61.6 Å². The molecular formula is C21H28N4O2. The number of rotatable bonds is 4. The number of aliphatic hydroxyl groups is 1. The number of benzene rings is 1. The smallest absolute Gasteiger partial charge is 0.240 e. The molecule has 2 aliphatic heterocycles. The molecule has 1 unspecified atom stereocenters. The van der Waals surface area contributed by atoms with Crippen LogP contribution in [0, 0.1) is 0 Å². The third-order valence-electron chi connectivity index (χ3n) is 6.02. The molecule has 27 heavy (non-hydrogen) atoms. The van der Waals surface area contributed by atoms with Crippen molar-refractivity contribution in [2.45, 2.75) is 59.0 Å². The van der Waals surface area contributed by atoms with Crippen LogP contribution in [0.15, 0.2) is 24.3 Å². The van der Waals surface area contributed by atoms with Crippen molar-refractivity contribution in [3.63, 3.8) is 0 Å². The fourth-order valence-corrected chi connectivity index (χ4v) is 4.50. The highest BCUT2D eigenvalue weighted by molar-refractivity contribution is 5.83. The maximum absolute atomic E-state index is 13.4. The fraction of sp³-hybridized carbons (Fsp3) is 0.524. The van der Waals surface area contributed by atoms with Gasteiger partial charge in [-0.25, -0.2) is 0 Å². The van der Waals surface area contributed by atoms with Gasteiger partial charge in [-0.15, -0.1) is 0 Å². The molecule has 6 nitrogen and oxygen atoms in total. The largest absolute Gasteiger partial charge is 0.390 e. The van der Waals surface area contributed by atoms with Crippen molar-refractivity contribution in [3.8, 4) is 0 Å². The van der Waals surface area contributed by atoms with E-state index in [1.54, 1.807) is 0 Å². The van der Waals surface area contributed by atoms with Gasteiger partial charge in [0.2, 0.25) is 5.91 Å². The lowest BCUT2D eigenvalue weighted by Crippen LogP contribution is -2.52. The summed E-state index contributed by atoms with van der Waals surface area (Å²) in [4.78, 5) is 17.7. The number of nitrogens with zero attached hydrogens (tertiary/aromatic N) is 4. The molecule has 0 fully saturated rings. The lowest BCUT2D eigenvalue weighted by atomic mass is 9.92. The van der Waals surface area contributed by atoms with Gasteiger partial charge in [-0.3, -0.25) is 14.4 Å². The number of carbonyl (C=O) groups excluding carboxylic acids is 1. The molecule has 1 aromatic heterocycles. The van der Waals surface area contributed by atoms with E-state index in [0.717, 1.165) is 44.6 Å². The van der Waals surface area contributed by atoms with Crippen molar-refractivity contribution in [2.75, 3.05) is 13.1 Å². The van der Waals surface area contributed by atoms with E-state index in [9.17, 15) is 9.90 Å². The standard InChI is InChI=1S/C21H28N4O2/c1-3-23-12-16-8-6-5-7-15(16)11-20(23)21(27)24-10-9-19-17(13-24)18(14-26)22-25(19)4-2/h5-8,20,26H,3-4,9-14H2,1-2H3. The van der Waals surface area contributed by atoms with Gasteiger partial charge < -0.3 is 10.0 Å². The molecule has 2 aromatic rings. The molecule has 1 amide bonds. The minimum Gasteiger partial charge on any atom is -0.390 e. The van der Waals surface area contributed by atoms with Gasteiger partial charge in [0.1, 0.15) is 0 Å². The Balaban J connectivity index is 1.57. The van der Waals surface area contributed by atoms with Gasteiger partial charge in [0.05, 0.1) is 18.3 Å². The number of aliphatic hydroxyl groups excluding tert-OH is 1. The summed E-state index contributed by atoms with van der Waals surface area (Å²) in [6.45, 7) is 7.87. The molecule has 144 valence electrons. The van der Waals surface area contributed by atoms with Crippen LogP contribution >= 0.6 is 0 Å². The molecular weight excluding hydrogens is 340 g/mol. The molecule has 0 bridgehead atoms. The Morgan fingerprint density at radius 2 is 1.96 bits per heavy atom. The predicted molar refractivity (Wildman–Crippen MR) is 103 cm³/mol. The highest BCUT2D eigenvalue weighted by Gasteiger charge is 2.35. The van der Waals surface area contributed by atoms with E-state index < -0.39 is 0 Å². The number of aromatic nitrogens is 2. The molecule has 0 saturated heterocycles. The second kappa shape index (κ2) is 7.44. The summed E-state index contributed by atoms with van der Waals surface area (Å²) in [5, 5.41) is 14.2. The number of aryl methyl sites for hydroxylation is 1. The van der Waals surface area contributed by atoms with Gasteiger partial charge in [0.25, 0.3) is 0 Å². The number of carbonyl (C=O) groups is 1. The summed E-state index contributed by atoms with van der Waals surface area (Å²) < 4.78 is 1.97. The Bertz CT molecular complexity index is 845. The molecule has 3 heterocycles. The summed E-state index contributed by atoms with van der Waals surface area (Å²) >= 11 is 0. The third kappa shape index (κ3) is 3.17. The van der Waals surface area contributed by atoms with Gasteiger partial charge in [-0.05, 0) is 31.0 Å². The van der Waals surface area contributed by atoms with Gasteiger partial charge in [-0.1, -0.05) is 31.2 Å². The van der Waals surface area contributed by atoms with E-state index in [0.29, 0.717) is 12.2 Å². The summed E-state index contributed by atoms with van der Waals surface area (Å²) in [5.74, 6) is 0.199. The van der Waals surface area contributed by atoms with Gasteiger partial charge in [0, 0.05) is 43.9 Å². The Morgan fingerprint density at radius 3 is 2.67 bits per heavy atom. The zero-order valence-electron chi connectivity index (χ0n) is 16.2. The maximum Gasteiger partial charge on any atom is 0.240 e. The maximum atomic E-state index is 13.4. The Labute approximate surface area is 160 Å². The summed E-state index contributed by atoms with van der Waals surface area (Å²) in [5.41, 5.74) is 5.54. The summed E-state index contributed by atoms with van der Waals surface area (Å²) in [6, 6.07) is 8.33. The van der Waals surface area contributed by atoms with Crippen LogP contribution in [0.4, 0.5) is 0 Å². The van der Waals surface area contributed by atoms with Crippen LogP contribution in [-0.4, -0.2) is 49.7 Å². The van der Waals surface area contributed by atoms with E-state index in [2.05, 4.69) is 48.1 Å². The van der Waals surface area contributed by atoms with Crippen LogP contribution in [0.5, 0.6) is 0 Å². The normalized spacial score (nSPS) is 19.7.